The van der Waals surface area contributed by atoms with Crippen molar-refractivity contribution >= 4 is 5.84 Å². The SMILES string of the molecule is c1ccc(CNC2=NCCCCC2)nc1. The standard InChI is InChI=1S/C12H17N3/c1-2-7-12(14-9-4-1)15-10-11-6-3-5-8-13-11/h3,5-6,8H,1-2,4,7,9-10H2,(H,14,15). The second kappa shape index (κ2) is 5.49. The van der Waals surface area contributed by atoms with Crippen molar-refractivity contribution in [1.29, 1.82) is 0 Å². The summed E-state index contributed by atoms with van der Waals surface area (Å²) >= 11 is 0. The summed E-state index contributed by atoms with van der Waals surface area (Å²) in [6.07, 6.45) is 6.71. The summed E-state index contributed by atoms with van der Waals surface area (Å²) < 4.78 is 0. The van der Waals surface area contributed by atoms with E-state index in [0.29, 0.717) is 0 Å². The second-order valence-corrected chi connectivity index (χ2v) is 3.81. The van der Waals surface area contributed by atoms with Gasteiger partial charge in [-0.15, -0.1) is 0 Å². The van der Waals surface area contributed by atoms with Crippen LogP contribution in [0, 0.1) is 0 Å². The Morgan fingerprint density at radius 1 is 1.20 bits per heavy atom. The summed E-state index contributed by atoms with van der Waals surface area (Å²) in [6, 6.07) is 5.98. The molecule has 2 rings (SSSR count). The number of hydrogen-bond donors (Lipinski definition) is 1. The lowest BCUT2D eigenvalue weighted by molar-refractivity contribution is 0.727. The van der Waals surface area contributed by atoms with E-state index in [9.17, 15) is 0 Å². The zero-order valence-corrected chi connectivity index (χ0v) is 8.95. The number of nitrogens with one attached hydrogen (secondary N) is 1. The Kier molecular flexibility index (Phi) is 3.71. The highest BCUT2D eigenvalue weighted by molar-refractivity contribution is 5.82. The summed E-state index contributed by atoms with van der Waals surface area (Å²) in [5.41, 5.74) is 1.07. The zero-order chi connectivity index (χ0) is 10.3. The van der Waals surface area contributed by atoms with Crippen LogP contribution in [0.25, 0.3) is 0 Å². The predicted octanol–water partition coefficient (Wildman–Crippen LogP) is 2.14. The van der Waals surface area contributed by atoms with Crippen molar-refractivity contribution < 1.29 is 0 Å². The number of aromatic nitrogens is 1. The second-order valence-electron chi connectivity index (χ2n) is 3.81. The minimum absolute atomic E-state index is 0.791. The number of pyridine rings is 1. The molecule has 1 aliphatic heterocycles. The number of hydrogen-bond acceptors (Lipinski definition) is 3. The quantitative estimate of drug-likeness (QED) is 0.799. The smallest absolute Gasteiger partial charge is 0.0966 e. The fraction of sp³-hybridized carbons (Fsp3) is 0.500. The number of nitrogens with zero attached hydrogens (tertiary/aromatic N) is 2. The lowest BCUT2D eigenvalue weighted by Gasteiger charge is -2.07. The molecule has 1 aromatic heterocycles. The average molecular weight is 203 g/mol. The summed E-state index contributed by atoms with van der Waals surface area (Å²) in [5, 5.41) is 3.37. The highest BCUT2D eigenvalue weighted by Gasteiger charge is 2.03. The molecule has 1 aliphatic rings. The number of amidine groups is 1. The van der Waals surface area contributed by atoms with E-state index in [4.69, 9.17) is 0 Å². The Morgan fingerprint density at radius 3 is 3.07 bits per heavy atom. The summed E-state index contributed by atoms with van der Waals surface area (Å²) in [5.74, 6) is 1.15. The summed E-state index contributed by atoms with van der Waals surface area (Å²) in [7, 11) is 0. The van der Waals surface area contributed by atoms with Gasteiger partial charge in [-0.2, -0.15) is 0 Å². The van der Waals surface area contributed by atoms with Gasteiger partial charge in [0, 0.05) is 19.2 Å². The zero-order valence-electron chi connectivity index (χ0n) is 8.95. The maximum atomic E-state index is 4.52. The van der Waals surface area contributed by atoms with Gasteiger partial charge in [0.2, 0.25) is 0 Å². The molecule has 1 N–H and O–H groups in total. The van der Waals surface area contributed by atoms with Crippen LogP contribution in [0.1, 0.15) is 31.4 Å². The van der Waals surface area contributed by atoms with Gasteiger partial charge in [0.05, 0.1) is 18.1 Å². The van der Waals surface area contributed by atoms with Crippen molar-refractivity contribution in [3.8, 4) is 0 Å². The molecule has 2 heterocycles. The van der Waals surface area contributed by atoms with Crippen LogP contribution in [0.2, 0.25) is 0 Å². The topological polar surface area (TPSA) is 37.3 Å². The minimum atomic E-state index is 0.791. The lowest BCUT2D eigenvalue weighted by Crippen LogP contribution is -2.23. The maximum absolute atomic E-state index is 4.52. The molecule has 0 saturated carbocycles. The molecule has 0 bridgehead atoms. The van der Waals surface area contributed by atoms with E-state index in [1.54, 1.807) is 0 Å². The third kappa shape index (κ3) is 3.35. The van der Waals surface area contributed by atoms with Gasteiger partial charge in [-0.25, -0.2) is 0 Å². The van der Waals surface area contributed by atoms with Crippen LogP contribution in [-0.2, 0) is 6.54 Å². The molecule has 3 heteroatoms. The average Bonchev–Trinajstić information content (AvgIpc) is 2.56. The largest absolute Gasteiger partial charge is 0.368 e. The van der Waals surface area contributed by atoms with Gasteiger partial charge >= 0.3 is 0 Å². The fourth-order valence-electron chi connectivity index (χ4n) is 1.71. The summed E-state index contributed by atoms with van der Waals surface area (Å²) in [6.45, 7) is 1.77. The molecular weight excluding hydrogens is 186 g/mol. The van der Waals surface area contributed by atoms with Crippen molar-refractivity contribution in [1.82, 2.24) is 10.3 Å². The molecule has 0 amide bonds. The molecule has 15 heavy (non-hydrogen) atoms. The predicted molar refractivity (Wildman–Crippen MR) is 61.8 cm³/mol. The molecule has 0 unspecified atom stereocenters. The fourth-order valence-corrected chi connectivity index (χ4v) is 1.71. The van der Waals surface area contributed by atoms with Gasteiger partial charge in [0.15, 0.2) is 0 Å². The van der Waals surface area contributed by atoms with Gasteiger partial charge in [-0.05, 0) is 25.0 Å². The third-order valence-electron chi connectivity index (χ3n) is 2.57. The van der Waals surface area contributed by atoms with Crippen molar-refractivity contribution in [2.24, 2.45) is 4.99 Å². The Bertz CT molecular complexity index is 319. The van der Waals surface area contributed by atoms with E-state index in [-0.39, 0.29) is 0 Å². The molecular formula is C12H17N3. The Morgan fingerprint density at radius 2 is 2.20 bits per heavy atom. The van der Waals surface area contributed by atoms with E-state index in [1.807, 2.05) is 24.4 Å². The van der Waals surface area contributed by atoms with Crippen molar-refractivity contribution in [2.75, 3.05) is 6.54 Å². The van der Waals surface area contributed by atoms with Crippen molar-refractivity contribution in [3.05, 3.63) is 30.1 Å². The van der Waals surface area contributed by atoms with Crippen LogP contribution < -0.4 is 5.32 Å². The van der Waals surface area contributed by atoms with Crippen LogP contribution >= 0.6 is 0 Å². The third-order valence-corrected chi connectivity index (χ3v) is 2.57. The molecule has 0 radical (unpaired) electrons. The Balaban J connectivity index is 1.84. The normalized spacial score (nSPS) is 16.7. The van der Waals surface area contributed by atoms with E-state index in [2.05, 4.69) is 15.3 Å². The maximum Gasteiger partial charge on any atom is 0.0966 e. The van der Waals surface area contributed by atoms with Crippen molar-refractivity contribution in [2.45, 2.75) is 32.2 Å². The molecule has 0 aliphatic carbocycles. The minimum Gasteiger partial charge on any atom is -0.368 e. The first-order valence-electron chi connectivity index (χ1n) is 5.62. The Hall–Kier alpha value is -1.38. The van der Waals surface area contributed by atoms with Gasteiger partial charge in [-0.3, -0.25) is 9.98 Å². The molecule has 0 aromatic carbocycles. The van der Waals surface area contributed by atoms with E-state index in [1.165, 1.54) is 19.3 Å². The first kappa shape index (κ1) is 10.1. The lowest BCUT2D eigenvalue weighted by atomic mass is 10.2. The number of rotatable bonds is 2. The summed E-state index contributed by atoms with van der Waals surface area (Å²) in [4.78, 5) is 8.79. The molecule has 1 aromatic rings. The molecule has 0 spiro atoms. The molecule has 0 saturated heterocycles. The van der Waals surface area contributed by atoms with Crippen LogP contribution in [0.3, 0.4) is 0 Å². The van der Waals surface area contributed by atoms with Crippen LogP contribution in [-0.4, -0.2) is 17.4 Å². The van der Waals surface area contributed by atoms with Crippen molar-refractivity contribution in [3.63, 3.8) is 0 Å². The number of aliphatic imine (C=N–C) groups is 1. The van der Waals surface area contributed by atoms with E-state index >= 15 is 0 Å². The van der Waals surface area contributed by atoms with Crippen LogP contribution in [0.15, 0.2) is 29.4 Å². The van der Waals surface area contributed by atoms with Gasteiger partial charge in [0.25, 0.3) is 0 Å². The van der Waals surface area contributed by atoms with Crippen LogP contribution in [0.5, 0.6) is 0 Å². The van der Waals surface area contributed by atoms with Crippen LogP contribution in [0.4, 0.5) is 0 Å². The highest BCUT2D eigenvalue weighted by Crippen LogP contribution is 2.06. The highest BCUT2D eigenvalue weighted by atomic mass is 15.0. The van der Waals surface area contributed by atoms with Gasteiger partial charge in [0.1, 0.15) is 0 Å². The van der Waals surface area contributed by atoms with E-state index < -0.39 is 0 Å². The molecule has 3 nitrogen and oxygen atoms in total. The van der Waals surface area contributed by atoms with Gasteiger partial charge in [-0.1, -0.05) is 12.5 Å². The Labute approximate surface area is 90.6 Å². The first-order chi connectivity index (χ1) is 7.45. The molecule has 0 atom stereocenters. The van der Waals surface area contributed by atoms with E-state index in [0.717, 1.165) is 31.0 Å². The molecule has 0 fully saturated rings. The van der Waals surface area contributed by atoms with Gasteiger partial charge < -0.3 is 5.32 Å². The molecule has 80 valence electrons. The first-order valence-corrected chi connectivity index (χ1v) is 5.62. The monoisotopic (exact) mass is 203 g/mol.